The molecule has 0 atom stereocenters. The molecule has 22 heavy (non-hydrogen) atoms. The topological polar surface area (TPSA) is 74.7 Å². The Morgan fingerprint density at radius 2 is 1.91 bits per heavy atom. The molecule has 120 valence electrons. The van der Waals surface area contributed by atoms with Gasteiger partial charge >= 0.3 is 5.97 Å². The molecule has 0 unspecified atom stereocenters. The average Bonchev–Trinajstić information content (AvgIpc) is 2.94. The molecule has 1 fully saturated rings. The normalized spacial score (nSPS) is 20.0. The number of nitrogens with zero attached hydrogens (tertiary/aromatic N) is 1. The first-order chi connectivity index (χ1) is 10.4. The van der Waals surface area contributed by atoms with Crippen molar-refractivity contribution in [3.05, 3.63) is 28.8 Å². The molecule has 1 heterocycles. The van der Waals surface area contributed by atoms with Crippen LogP contribution in [-0.2, 0) is 22.9 Å². The maximum Gasteiger partial charge on any atom is 0.335 e. The van der Waals surface area contributed by atoms with Crippen molar-refractivity contribution in [1.29, 1.82) is 0 Å². The summed E-state index contributed by atoms with van der Waals surface area (Å²) in [6.07, 6.45) is 4.09. The van der Waals surface area contributed by atoms with Crippen molar-refractivity contribution < 1.29 is 18.3 Å². The summed E-state index contributed by atoms with van der Waals surface area (Å²) in [6, 6.07) is 2.97. The standard InChI is InChI=1S/C16H21NO4S/c1-11-5-7-17(8-6-11)22(20,21)15-10-13(16(18)19)9-12-3-2-4-14(12)15/h9-11H,2-8H2,1H3,(H,18,19). The molecule has 0 amide bonds. The first kappa shape index (κ1) is 15.5. The molecule has 0 spiro atoms. The van der Waals surface area contributed by atoms with E-state index in [1.807, 2.05) is 0 Å². The van der Waals surface area contributed by atoms with Crippen molar-refractivity contribution >= 4 is 16.0 Å². The predicted molar refractivity (Wildman–Crippen MR) is 82.6 cm³/mol. The van der Waals surface area contributed by atoms with Gasteiger partial charge in [-0.1, -0.05) is 6.92 Å². The van der Waals surface area contributed by atoms with Crippen LogP contribution in [0.3, 0.4) is 0 Å². The minimum atomic E-state index is -3.60. The van der Waals surface area contributed by atoms with E-state index >= 15 is 0 Å². The van der Waals surface area contributed by atoms with Gasteiger partial charge in [0.05, 0.1) is 10.5 Å². The average molecular weight is 323 g/mol. The lowest BCUT2D eigenvalue weighted by atomic mass is 10.0. The molecule has 1 saturated heterocycles. The third kappa shape index (κ3) is 2.65. The van der Waals surface area contributed by atoms with E-state index in [9.17, 15) is 18.3 Å². The number of carbonyl (C=O) groups is 1. The van der Waals surface area contributed by atoms with Gasteiger partial charge in [-0.2, -0.15) is 4.31 Å². The van der Waals surface area contributed by atoms with E-state index < -0.39 is 16.0 Å². The van der Waals surface area contributed by atoms with E-state index in [0.717, 1.165) is 36.8 Å². The van der Waals surface area contributed by atoms with Crippen LogP contribution >= 0.6 is 0 Å². The number of piperidine rings is 1. The quantitative estimate of drug-likeness (QED) is 0.926. The number of sulfonamides is 1. The van der Waals surface area contributed by atoms with Crippen LogP contribution in [0, 0.1) is 5.92 Å². The molecule has 2 aliphatic rings. The molecule has 0 aromatic heterocycles. The summed E-state index contributed by atoms with van der Waals surface area (Å²) in [6.45, 7) is 3.18. The fourth-order valence-electron chi connectivity index (χ4n) is 3.38. The minimum Gasteiger partial charge on any atom is -0.478 e. The molecular formula is C16H21NO4S. The fourth-order valence-corrected chi connectivity index (χ4v) is 5.17. The van der Waals surface area contributed by atoms with Gasteiger partial charge in [-0.25, -0.2) is 13.2 Å². The van der Waals surface area contributed by atoms with E-state index in [4.69, 9.17) is 0 Å². The summed E-state index contributed by atoms with van der Waals surface area (Å²) >= 11 is 0. The molecule has 0 radical (unpaired) electrons. The summed E-state index contributed by atoms with van der Waals surface area (Å²) in [5.41, 5.74) is 1.78. The first-order valence-corrected chi connectivity index (χ1v) is 9.23. The number of hydrogen-bond donors (Lipinski definition) is 1. The maximum absolute atomic E-state index is 13.0. The molecule has 1 aromatic rings. The highest BCUT2D eigenvalue weighted by molar-refractivity contribution is 7.89. The smallest absolute Gasteiger partial charge is 0.335 e. The van der Waals surface area contributed by atoms with Crippen LogP contribution in [0.2, 0.25) is 0 Å². The highest BCUT2D eigenvalue weighted by atomic mass is 32.2. The van der Waals surface area contributed by atoms with Crippen molar-refractivity contribution in [3.63, 3.8) is 0 Å². The largest absolute Gasteiger partial charge is 0.478 e. The van der Waals surface area contributed by atoms with Crippen LogP contribution in [0.15, 0.2) is 17.0 Å². The number of carboxylic acids is 1. The number of carboxylic acid groups (broad SMARTS) is 1. The van der Waals surface area contributed by atoms with Gasteiger partial charge in [0.15, 0.2) is 0 Å². The van der Waals surface area contributed by atoms with E-state index in [0.29, 0.717) is 25.4 Å². The lowest BCUT2D eigenvalue weighted by Gasteiger charge is -2.30. The summed E-state index contributed by atoms with van der Waals surface area (Å²) in [5, 5.41) is 9.24. The van der Waals surface area contributed by atoms with Crippen molar-refractivity contribution in [1.82, 2.24) is 4.31 Å². The Balaban J connectivity index is 2.05. The number of hydrogen-bond acceptors (Lipinski definition) is 3. The number of benzene rings is 1. The number of fused-ring (bicyclic) bond motifs is 1. The number of rotatable bonds is 3. The Kier molecular flexibility index (Phi) is 3.99. The lowest BCUT2D eigenvalue weighted by molar-refractivity contribution is 0.0696. The highest BCUT2D eigenvalue weighted by Gasteiger charge is 2.32. The highest BCUT2D eigenvalue weighted by Crippen LogP contribution is 2.33. The molecule has 0 saturated carbocycles. The Hall–Kier alpha value is -1.40. The summed E-state index contributed by atoms with van der Waals surface area (Å²) < 4.78 is 27.4. The summed E-state index contributed by atoms with van der Waals surface area (Å²) in [7, 11) is -3.60. The van der Waals surface area contributed by atoms with Gasteiger partial charge in [-0.3, -0.25) is 0 Å². The Bertz CT molecular complexity index is 703. The zero-order chi connectivity index (χ0) is 15.9. The molecular weight excluding hydrogens is 302 g/mol. The SMILES string of the molecule is CC1CCN(S(=O)(=O)c2cc(C(=O)O)cc3c2CCC3)CC1. The van der Waals surface area contributed by atoms with Crippen LogP contribution in [0.1, 0.15) is 47.7 Å². The predicted octanol–water partition coefficient (Wildman–Crippen LogP) is 2.29. The number of aryl methyl sites for hydroxylation is 1. The van der Waals surface area contributed by atoms with Crippen LogP contribution in [-0.4, -0.2) is 36.9 Å². The van der Waals surface area contributed by atoms with Crippen LogP contribution < -0.4 is 0 Å². The van der Waals surface area contributed by atoms with E-state index in [1.165, 1.54) is 10.4 Å². The van der Waals surface area contributed by atoms with Crippen LogP contribution in [0.25, 0.3) is 0 Å². The maximum atomic E-state index is 13.0. The van der Waals surface area contributed by atoms with Crippen molar-refractivity contribution in [2.45, 2.75) is 43.9 Å². The van der Waals surface area contributed by atoms with Crippen molar-refractivity contribution in [2.24, 2.45) is 5.92 Å². The minimum absolute atomic E-state index is 0.0737. The summed E-state index contributed by atoms with van der Waals surface area (Å²) in [4.78, 5) is 11.5. The molecule has 1 aliphatic heterocycles. The second-order valence-corrected chi connectivity index (χ2v) is 8.26. The second kappa shape index (κ2) is 5.66. The first-order valence-electron chi connectivity index (χ1n) is 7.79. The van der Waals surface area contributed by atoms with Gasteiger partial charge in [0.25, 0.3) is 0 Å². The molecule has 3 rings (SSSR count). The Labute approximate surface area is 131 Å². The molecule has 5 nitrogen and oxygen atoms in total. The summed E-state index contributed by atoms with van der Waals surface area (Å²) in [5.74, 6) is -0.527. The third-order valence-corrected chi connectivity index (χ3v) is 6.75. The van der Waals surface area contributed by atoms with E-state index in [2.05, 4.69) is 6.92 Å². The lowest BCUT2D eigenvalue weighted by Crippen LogP contribution is -2.38. The zero-order valence-electron chi connectivity index (χ0n) is 12.7. The molecule has 1 aliphatic carbocycles. The van der Waals surface area contributed by atoms with Gasteiger partial charge in [0.2, 0.25) is 10.0 Å². The third-order valence-electron chi connectivity index (χ3n) is 4.78. The fraction of sp³-hybridized carbons (Fsp3) is 0.562. The second-order valence-electron chi connectivity index (χ2n) is 6.36. The van der Waals surface area contributed by atoms with E-state index in [-0.39, 0.29) is 10.5 Å². The van der Waals surface area contributed by atoms with Gasteiger partial charge < -0.3 is 5.11 Å². The monoisotopic (exact) mass is 323 g/mol. The Morgan fingerprint density at radius 3 is 2.55 bits per heavy atom. The molecule has 1 N–H and O–H groups in total. The van der Waals surface area contributed by atoms with Gasteiger partial charge in [-0.05, 0) is 61.3 Å². The molecule has 1 aromatic carbocycles. The van der Waals surface area contributed by atoms with Crippen LogP contribution in [0.5, 0.6) is 0 Å². The van der Waals surface area contributed by atoms with Crippen molar-refractivity contribution in [3.8, 4) is 0 Å². The molecule has 0 bridgehead atoms. The van der Waals surface area contributed by atoms with E-state index in [1.54, 1.807) is 6.07 Å². The number of aromatic carboxylic acids is 1. The van der Waals surface area contributed by atoms with Gasteiger partial charge in [0.1, 0.15) is 0 Å². The Morgan fingerprint density at radius 1 is 1.23 bits per heavy atom. The zero-order valence-corrected chi connectivity index (χ0v) is 13.5. The molecule has 6 heteroatoms. The van der Waals surface area contributed by atoms with Crippen molar-refractivity contribution in [2.75, 3.05) is 13.1 Å². The van der Waals surface area contributed by atoms with Gasteiger partial charge in [0, 0.05) is 13.1 Å². The van der Waals surface area contributed by atoms with Crippen LogP contribution in [0.4, 0.5) is 0 Å². The van der Waals surface area contributed by atoms with Gasteiger partial charge in [-0.15, -0.1) is 0 Å².